The SMILES string of the molecule is NCCCCC(=O)NCc1ccccc1-n1cccn1. The third-order valence-corrected chi connectivity index (χ3v) is 3.08. The van der Waals surface area contributed by atoms with Crippen molar-refractivity contribution in [2.75, 3.05) is 6.54 Å². The van der Waals surface area contributed by atoms with E-state index in [0.29, 0.717) is 19.5 Å². The van der Waals surface area contributed by atoms with Gasteiger partial charge in [0.05, 0.1) is 5.69 Å². The predicted molar refractivity (Wildman–Crippen MR) is 78.3 cm³/mol. The third-order valence-electron chi connectivity index (χ3n) is 3.08. The van der Waals surface area contributed by atoms with Crippen LogP contribution >= 0.6 is 0 Å². The minimum absolute atomic E-state index is 0.0636. The van der Waals surface area contributed by atoms with E-state index in [1.165, 1.54) is 0 Å². The van der Waals surface area contributed by atoms with Crippen molar-refractivity contribution in [3.63, 3.8) is 0 Å². The highest BCUT2D eigenvalue weighted by Gasteiger charge is 2.06. The van der Waals surface area contributed by atoms with Gasteiger partial charge in [-0.3, -0.25) is 4.79 Å². The van der Waals surface area contributed by atoms with Gasteiger partial charge in [-0.25, -0.2) is 4.68 Å². The Morgan fingerprint density at radius 2 is 2.10 bits per heavy atom. The standard InChI is InChI=1S/C15H20N4O/c16-9-4-3-8-15(20)17-12-13-6-1-2-7-14(13)19-11-5-10-18-19/h1-2,5-7,10-11H,3-4,8-9,12,16H2,(H,17,20). The van der Waals surface area contributed by atoms with Crippen molar-refractivity contribution < 1.29 is 4.79 Å². The monoisotopic (exact) mass is 272 g/mol. The lowest BCUT2D eigenvalue weighted by Gasteiger charge is -2.10. The van der Waals surface area contributed by atoms with E-state index in [1.807, 2.05) is 36.5 Å². The van der Waals surface area contributed by atoms with Crippen LogP contribution in [0.1, 0.15) is 24.8 Å². The zero-order valence-electron chi connectivity index (χ0n) is 11.5. The molecule has 1 amide bonds. The lowest BCUT2D eigenvalue weighted by Crippen LogP contribution is -2.23. The van der Waals surface area contributed by atoms with Gasteiger partial charge in [0, 0.05) is 25.4 Å². The zero-order chi connectivity index (χ0) is 14.2. The van der Waals surface area contributed by atoms with E-state index in [0.717, 1.165) is 24.1 Å². The fraction of sp³-hybridized carbons (Fsp3) is 0.333. The molecular weight excluding hydrogens is 252 g/mol. The molecule has 0 aliphatic heterocycles. The molecule has 1 aromatic heterocycles. The van der Waals surface area contributed by atoms with E-state index in [1.54, 1.807) is 10.9 Å². The molecule has 0 fully saturated rings. The summed E-state index contributed by atoms with van der Waals surface area (Å²) < 4.78 is 1.80. The summed E-state index contributed by atoms with van der Waals surface area (Å²) in [5.74, 6) is 0.0636. The Bertz CT molecular complexity index is 537. The Morgan fingerprint density at radius 1 is 1.25 bits per heavy atom. The largest absolute Gasteiger partial charge is 0.352 e. The lowest BCUT2D eigenvalue weighted by atomic mass is 10.1. The van der Waals surface area contributed by atoms with Crippen LogP contribution in [0, 0.1) is 0 Å². The molecule has 5 heteroatoms. The number of hydrogen-bond donors (Lipinski definition) is 2. The second-order valence-electron chi connectivity index (χ2n) is 4.60. The Kier molecular flexibility index (Phi) is 5.32. The number of aromatic nitrogens is 2. The van der Waals surface area contributed by atoms with Gasteiger partial charge in [-0.05, 0) is 37.1 Å². The molecule has 0 unspecified atom stereocenters. The number of nitrogens with zero attached hydrogens (tertiary/aromatic N) is 2. The maximum absolute atomic E-state index is 11.7. The van der Waals surface area contributed by atoms with E-state index >= 15 is 0 Å². The average Bonchev–Trinajstić information content (AvgIpc) is 3.00. The lowest BCUT2D eigenvalue weighted by molar-refractivity contribution is -0.121. The third kappa shape index (κ3) is 3.93. The summed E-state index contributed by atoms with van der Waals surface area (Å²) in [5, 5.41) is 7.16. The van der Waals surface area contributed by atoms with Gasteiger partial charge in [-0.15, -0.1) is 0 Å². The van der Waals surface area contributed by atoms with Crippen LogP contribution in [0.15, 0.2) is 42.7 Å². The fourth-order valence-electron chi connectivity index (χ4n) is 2.01. The number of hydrogen-bond acceptors (Lipinski definition) is 3. The van der Waals surface area contributed by atoms with Crippen molar-refractivity contribution in [1.29, 1.82) is 0 Å². The number of carbonyl (C=O) groups excluding carboxylic acids is 1. The summed E-state index contributed by atoms with van der Waals surface area (Å²) in [4.78, 5) is 11.7. The molecule has 20 heavy (non-hydrogen) atoms. The number of unbranched alkanes of at least 4 members (excludes halogenated alkanes) is 1. The van der Waals surface area contributed by atoms with E-state index in [9.17, 15) is 4.79 Å². The van der Waals surface area contributed by atoms with Crippen LogP contribution in [0.2, 0.25) is 0 Å². The summed E-state index contributed by atoms with van der Waals surface area (Å²) in [6.45, 7) is 1.15. The summed E-state index contributed by atoms with van der Waals surface area (Å²) in [5.41, 5.74) is 7.44. The van der Waals surface area contributed by atoms with Crippen molar-refractivity contribution in [3.05, 3.63) is 48.3 Å². The maximum Gasteiger partial charge on any atom is 0.220 e. The van der Waals surface area contributed by atoms with Crippen LogP contribution < -0.4 is 11.1 Å². The molecule has 0 radical (unpaired) electrons. The number of nitrogens with two attached hydrogens (primary N) is 1. The number of amides is 1. The van der Waals surface area contributed by atoms with Gasteiger partial charge in [0.2, 0.25) is 5.91 Å². The Hall–Kier alpha value is -2.14. The van der Waals surface area contributed by atoms with E-state index in [2.05, 4.69) is 10.4 Å². The normalized spacial score (nSPS) is 10.4. The quantitative estimate of drug-likeness (QED) is 0.752. The molecule has 0 aliphatic rings. The van der Waals surface area contributed by atoms with Gasteiger partial charge in [0.1, 0.15) is 0 Å². The minimum Gasteiger partial charge on any atom is -0.352 e. The molecule has 0 spiro atoms. The highest BCUT2D eigenvalue weighted by molar-refractivity contribution is 5.75. The second kappa shape index (κ2) is 7.45. The molecule has 1 heterocycles. The first kappa shape index (κ1) is 14.3. The molecule has 5 nitrogen and oxygen atoms in total. The highest BCUT2D eigenvalue weighted by atomic mass is 16.1. The number of carbonyl (C=O) groups is 1. The van der Waals surface area contributed by atoms with Crippen molar-refractivity contribution in [2.45, 2.75) is 25.8 Å². The first-order chi connectivity index (χ1) is 9.81. The van der Waals surface area contributed by atoms with E-state index in [4.69, 9.17) is 5.73 Å². The highest BCUT2D eigenvalue weighted by Crippen LogP contribution is 2.13. The first-order valence-corrected chi connectivity index (χ1v) is 6.86. The van der Waals surface area contributed by atoms with Crippen LogP contribution in [0.5, 0.6) is 0 Å². The van der Waals surface area contributed by atoms with Crippen LogP contribution in [0.3, 0.4) is 0 Å². The van der Waals surface area contributed by atoms with Crippen molar-refractivity contribution in [1.82, 2.24) is 15.1 Å². The van der Waals surface area contributed by atoms with E-state index < -0.39 is 0 Å². The Morgan fingerprint density at radius 3 is 2.85 bits per heavy atom. The van der Waals surface area contributed by atoms with Crippen molar-refractivity contribution >= 4 is 5.91 Å². The zero-order valence-corrected chi connectivity index (χ0v) is 11.5. The molecule has 0 atom stereocenters. The van der Waals surface area contributed by atoms with Crippen molar-refractivity contribution in [3.8, 4) is 5.69 Å². The number of para-hydroxylation sites is 1. The Balaban J connectivity index is 1.95. The first-order valence-electron chi connectivity index (χ1n) is 6.86. The molecule has 106 valence electrons. The second-order valence-corrected chi connectivity index (χ2v) is 4.60. The molecule has 3 N–H and O–H groups in total. The topological polar surface area (TPSA) is 72.9 Å². The molecule has 2 aromatic rings. The van der Waals surface area contributed by atoms with Crippen LogP contribution in [-0.2, 0) is 11.3 Å². The van der Waals surface area contributed by atoms with Crippen LogP contribution in [0.4, 0.5) is 0 Å². The fourth-order valence-corrected chi connectivity index (χ4v) is 2.01. The molecule has 0 saturated carbocycles. The van der Waals surface area contributed by atoms with Crippen LogP contribution in [-0.4, -0.2) is 22.2 Å². The molecule has 0 saturated heterocycles. The van der Waals surface area contributed by atoms with Crippen LogP contribution in [0.25, 0.3) is 5.69 Å². The molecule has 0 aliphatic carbocycles. The average molecular weight is 272 g/mol. The summed E-state index contributed by atoms with van der Waals surface area (Å²) in [7, 11) is 0. The summed E-state index contributed by atoms with van der Waals surface area (Å²) >= 11 is 0. The van der Waals surface area contributed by atoms with Gasteiger partial charge in [-0.2, -0.15) is 5.10 Å². The summed E-state index contributed by atoms with van der Waals surface area (Å²) in [6.07, 6.45) is 5.88. The number of rotatable bonds is 7. The predicted octanol–water partition coefficient (Wildman–Crippen LogP) is 1.62. The van der Waals surface area contributed by atoms with Gasteiger partial charge >= 0.3 is 0 Å². The number of benzene rings is 1. The van der Waals surface area contributed by atoms with Gasteiger partial charge in [0.15, 0.2) is 0 Å². The minimum atomic E-state index is 0.0636. The van der Waals surface area contributed by atoms with Gasteiger partial charge < -0.3 is 11.1 Å². The molecular formula is C15H20N4O. The van der Waals surface area contributed by atoms with Crippen molar-refractivity contribution in [2.24, 2.45) is 5.73 Å². The molecule has 0 bridgehead atoms. The van der Waals surface area contributed by atoms with Gasteiger partial charge in [-0.1, -0.05) is 18.2 Å². The number of nitrogens with one attached hydrogen (secondary N) is 1. The smallest absolute Gasteiger partial charge is 0.220 e. The maximum atomic E-state index is 11.7. The molecule has 1 aromatic carbocycles. The van der Waals surface area contributed by atoms with E-state index in [-0.39, 0.29) is 5.91 Å². The summed E-state index contributed by atoms with van der Waals surface area (Å²) in [6, 6.07) is 9.79. The molecule has 2 rings (SSSR count). The van der Waals surface area contributed by atoms with Gasteiger partial charge in [0.25, 0.3) is 0 Å². The Labute approximate surface area is 118 Å².